The Hall–Kier alpha value is 0.137. The van der Waals surface area contributed by atoms with Crippen molar-refractivity contribution in [2.24, 2.45) is 0 Å². The summed E-state index contributed by atoms with van der Waals surface area (Å²) in [7, 11) is 0.890. The molecule has 88 valence electrons. The molecule has 3 heteroatoms. The Morgan fingerprint density at radius 1 is 0.857 bits per heavy atom. The lowest BCUT2D eigenvalue weighted by molar-refractivity contribution is 0.275. The third-order valence-corrected chi connectivity index (χ3v) is 2.49. The maximum Gasteiger partial charge on any atom is 0.145 e. The van der Waals surface area contributed by atoms with Crippen LogP contribution in [-0.2, 0) is 4.43 Å². The van der Waals surface area contributed by atoms with Crippen LogP contribution in [0.2, 0.25) is 0 Å². The lowest BCUT2D eigenvalue weighted by Gasteiger charge is -2.19. The fourth-order valence-electron chi connectivity index (χ4n) is 1.28. The molecule has 14 heavy (non-hydrogen) atoms. The summed E-state index contributed by atoms with van der Waals surface area (Å²) in [4.78, 5) is 2.54. The van der Waals surface area contributed by atoms with Crippen molar-refractivity contribution in [2.45, 2.75) is 47.0 Å². The Labute approximate surface area is 93.6 Å². The van der Waals surface area contributed by atoms with Gasteiger partial charge in [-0.25, -0.2) is 0 Å². The van der Waals surface area contributed by atoms with E-state index in [1.807, 2.05) is 6.92 Å². The van der Waals surface area contributed by atoms with Gasteiger partial charge in [0.2, 0.25) is 0 Å². The second-order valence-corrected chi connectivity index (χ2v) is 4.00. The van der Waals surface area contributed by atoms with Crippen LogP contribution in [0.15, 0.2) is 0 Å². The van der Waals surface area contributed by atoms with E-state index < -0.39 is 0 Å². The van der Waals surface area contributed by atoms with Gasteiger partial charge in [0.1, 0.15) is 10.5 Å². The van der Waals surface area contributed by atoms with Crippen LogP contribution >= 0.6 is 0 Å². The highest BCUT2D eigenvalue weighted by Gasteiger charge is 1.98. The zero-order chi connectivity index (χ0) is 11.2. The Balaban J connectivity index is 0. The molecular formula is C11H29NOSi. The van der Waals surface area contributed by atoms with E-state index in [2.05, 4.69) is 30.1 Å². The van der Waals surface area contributed by atoms with Gasteiger partial charge in [0.15, 0.2) is 0 Å². The molecule has 0 amide bonds. The monoisotopic (exact) mass is 219 g/mol. The molecule has 0 atom stereocenters. The predicted molar refractivity (Wildman–Crippen MR) is 68.9 cm³/mol. The van der Waals surface area contributed by atoms with Gasteiger partial charge in [0, 0.05) is 6.61 Å². The second kappa shape index (κ2) is 15.6. The first-order valence-corrected chi connectivity index (χ1v) is 6.79. The third-order valence-electron chi connectivity index (χ3n) is 1.91. The maximum atomic E-state index is 4.68. The lowest BCUT2D eigenvalue weighted by atomic mass is 10.3. The van der Waals surface area contributed by atoms with E-state index >= 15 is 0 Å². The molecule has 2 nitrogen and oxygen atoms in total. The summed E-state index contributed by atoms with van der Waals surface area (Å²) < 4.78 is 4.68. The molecule has 0 saturated carbocycles. The Morgan fingerprint density at radius 3 is 1.29 bits per heavy atom. The van der Waals surface area contributed by atoms with E-state index in [0.717, 1.165) is 17.1 Å². The van der Waals surface area contributed by atoms with E-state index in [0.29, 0.717) is 0 Å². The second-order valence-electron chi connectivity index (χ2n) is 3.42. The van der Waals surface area contributed by atoms with Gasteiger partial charge in [-0.1, -0.05) is 20.8 Å². The molecule has 0 radical (unpaired) electrons. The highest BCUT2D eigenvalue weighted by Crippen LogP contribution is 1.94. The van der Waals surface area contributed by atoms with E-state index in [-0.39, 0.29) is 0 Å². The molecule has 0 aromatic rings. The highest BCUT2D eigenvalue weighted by atomic mass is 28.2. The van der Waals surface area contributed by atoms with Crippen molar-refractivity contribution in [2.75, 3.05) is 26.2 Å². The van der Waals surface area contributed by atoms with E-state index in [4.69, 9.17) is 0 Å². The molecule has 0 aromatic heterocycles. The number of rotatable bonds is 7. The van der Waals surface area contributed by atoms with Gasteiger partial charge in [-0.2, -0.15) is 0 Å². The minimum absolute atomic E-state index is 0.881. The predicted octanol–water partition coefficient (Wildman–Crippen LogP) is 1.82. The SMILES string of the molecule is CCCN(CCC)CCC.CCO[SiH3]. The summed E-state index contributed by atoms with van der Waals surface area (Å²) in [5.74, 6) is 0. The van der Waals surface area contributed by atoms with Crippen LogP contribution in [0.25, 0.3) is 0 Å². The zero-order valence-electron chi connectivity index (χ0n) is 10.8. The summed E-state index contributed by atoms with van der Waals surface area (Å²) >= 11 is 0. The number of hydrogen-bond acceptors (Lipinski definition) is 2. The molecule has 0 N–H and O–H groups in total. The molecule has 0 bridgehead atoms. The minimum Gasteiger partial charge on any atom is -0.428 e. The van der Waals surface area contributed by atoms with Crippen molar-refractivity contribution in [1.82, 2.24) is 4.90 Å². The van der Waals surface area contributed by atoms with Gasteiger partial charge in [0.25, 0.3) is 0 Å². The van der Waals surface area contributed by atoms with Crippen molar-refractivity contribution in [3.63, 3.8) is 0 Å². The molecule has 0 saturated heterocycles. The molecule has 0 heterocycles. The Morgan fingerprint density at radius 2 is 1.14 bits per heavy atom. The largest absolute Gasteiger partial charge is 0.428 e. The van der Waals surface area contributed by atoms with Crippen molar-refractivity contribution >= 4 is 10.5 Å². The topological polar surface area (TPSA) is 12.5 Å². The van der Waals surface area contributed by atoms with Crippen molar-refractivity contribution in [1.29, 1.82) is 0 Å². The summed E-state index contributed by atoms with van der Waals surface area (Å²) in [6.45, 7) is 13.5. The summed E-state index contributed by atoms with van der Waals surface area (Å²) in [6.07, 6.45) is 3.88. The van der Waals surface area contributed by atoms with Crippen LogP contribution in [0.4, 0.5) is 0 Å². The average Bonchev–Trinajstić information content (AvgIpc) is 2.20. The van der Waals surface area contributed by atoms with Crippen molar-refractivity contribution < 1.29 is 4.43 Å². The van der Waals surface area contributed by atoms with Gasteiger partial charge >= 0.3 is 0 Å². The van der Waals surface area contributed by atoms with Crippen LogP contribution in [0.5, 0.6) is 0 Å². The van der Waals surface area contributed by atoms with Crippen molar-refractivity contribution in [3.8, 4) is 0 Å². The molecular weight excluding hydrogens is 190 g/mol. The molecule has 0 aliphatic carbocycles. The van der Waals surface area contributed by atoms with Gasteiger partial charge in [0.05, 0.1) is 0 Å². The number of nitrogens with zero attached hydrogens (tertiary/aromatic N) is 1. The van der Waals surface area contributed by atoms with Gasteiger partial charge in [-0.3, -0.25) is 0 Å². The van der Waals surface area contributed by atoms with Crippen molar-refractivity contribution in [3.05, 3.63) is 0 Å². The molecule has 0 unspecified atom stereocenters. The summed E-state index contributed by atoms with van der Waals surface area (Å²) in [6, 6.07) is 0. The quantitative estimate of drug-likeness (QED) is 0.606. The minimum atomic E-state index is 0.881. The van der Waals surface area contributed by atoms with Crippen LogP contribution in [-0.4, -0.2) is 41.6 Å². The zero-order valence-corrected chi connectivity index (χ0v) is 12.8. The molecule has 0 aromatic carbocycles. The molecule has 0 fully saturated rings. The Bertz CT molecular complexity index is 75.1. The van der Waals surface area contributed by atoms with Crippen LogP contribution in [0.1, 0.15) is 47.0 Å². The normalized spacial score (nSPS) is 10.1. The fraction of sp³-hybridized carbons (Fsp3) is 1.00. The third kappa shape index (κ3) is 14.6. The van der Waals surface area contributed by atoms with Gasteiger partial charge in [-0.15, -0.1) is 0 Å². The highest BCUT2D eigenvalue weighted by molar-refractivity contribution is 5.97. The first kappa shape index (κ1) is 16.6. The molecule has 0 aliphatic rings. The molecule has 0 rings (SSSR count). The summed E-state index contributed by atoms with van der Waals surface area (Å²) in [5.41, 5.74) is 0. The van der Waals surface area contributed by atoms with Crippen LogP contribution in [0, 0.1) is 0 Å². The van der Waals surface area contributed by atoms with E-state index in [1.54, 1.807) is 0 Å². The Kier molecular flexibility index (Phi) is 18.5. The van der Waals surface area contributed by atoms with Crippen LogP contribution < -0.4 is 0 Å². The van der Waals surface area contributed by atoms with Crippen LogP contribution in [0.3, 0.4) is 0 Å². The first-order chi connectivity index (χ1) is 6.76. The standard InChI is InChI=1S/C9H21N.C2H8OSi/c1-4-7-10(8-5-2)9-6-3;1-2-3-4/h4-9H2,1-3H3;2H2,1,4H3. The first-order valence-electron chi connectivity index (χ1n) is 5.97. The average molecular weight is 219 g/mol. The van der Waals surface area contributed by atoms with Gasteiger partial charge < -0.3 is 9.33 Å². The lowest BCUT2D eigenvalue weighted by Crippen LogP contribution is -2.25. The molecule has 0 spiro atoms. The maximum absolute atomic E-state index is 4.68. The van der Waals surface area contributed by atoms with E-state index in [1.165, 1.54) is 38.9 Å². The van der Waals surface area contributed by atoms with Gasteiger partial charge in [-0.05, 0) is 45.8 Å². The molecule has 0 aliphatic heterocycles. The number of hydrogen-bond donors (Lipinski definition) is 0. The fourth-order valence-corrected chi connectivity index (χ4v) is 1.28. The smallest absolute Gasteiger partial charge is 0.145 e. The van der Waals surface area contributed by atoms with E-state index in [9.17, 15) is 0 Å². The summed E-state index contributed by atoms with van der Waals surface area (Å²) in [5, 5.41) is 0.